The van der Waals surface area contributed by atoms with Crippen molar-refractivity contribution in [2.75, 3.05) is 7.11 Å². The summed E-state index contributed by atoms with van der Waals surface area (Å²) < 4.78 is 34.7. The molecule has 25 heavy (non-hydrogen) atoms. The Morgan fingerprint density at radius 1 is 1.24 bits per heavy atom. The number of imidazole rings is 1. The predicted octanol–water partition coefficient (Wildman–Crippen LogP) is 2.21. The first-order valence-electron chi connectivity index (χ1n) is 8.14. The smallest absolute Gasteiger partial charge is 0.242 e. The predicted molar refractivity (Wildman–Crippen MR) is 96.2 cm³/mol. The normalized spacial score (nSPS) is 21.2. The maximum absolute atomic E-state index is 12.5. The second kappa shape index (κ2) is 7.76. The molecule has 0 aliphatic heterocycles. The molecule has 0 atom stereocenters. The van der Waals surface area contributed by atoms with Crippen LogP contribution in [-0.2, 0) is 17.1 Å². The number of pyridine rings is 1. The van der Waals surface area contributed by atoms with Gasteiger partial charge >= 0.3 is 0 Å². The van der Waals surface area contributed by atoms with Crippen LogP contribution in [0.4, 0.5) is 0 Å². The zero-order valence-electron chi connectivity index (χ0n) is 14.3. The Labute approximate surface area is 152 Å². The van der Waals surface area contributed by atoms with Gasteiger partial charge in [-0.1, -0.05) is 11.8 Å². The summed E-state index contributed by atoms with van der Waals surface area (Å²) in [6.45, 7) is 0. The van der Waals surface area contributed by atoms with E-state index < -0.39 is 10.0 Å². The van der Waals surface area contributed by atoms with Crippen LogP contribution in [0.15, 0.2) is 40.8 Å². The number of hydrogen-bond acceptors (Lipinski definition) is 6. The van der Waals surface area contributed by atoms with E-state index in [1.54, 1.807) is 24.0 Å². The summed E-state index contributed by atoms with van der Waals surface area (Å²) in [6.07, 6.45) is 8.63. The lowest BCUT2D eigenvalue weighted by Gasteiger charge is -2.28. The fraction of sp³-hybridized carbons (Fsp3) is 0.500. The molecule has 0 aromatic carbocycles. The van der Waals surface area contributed by atoms with Crippen molar-refractivity contribution in [1.29, 1.82) is 0 Å². The van der Waals surface area contributed by atoms with Crippen LogP contribution in [0.5, 0.6) is 5.88 Å². The SMILES string of the molecule is COc1ccc(S(=O)(=O)NC2CCC(Sc3nccn3C)CC2)cn1. The van der Waals surface area contributed by atoms with Gasteiger partial charge in [-0.15, -0.1) is 0 Å². The minimum absolute atomic E-state index is 0.0367. The van der Waals surface area contributed by atoms with Crippen molar-refractivity contribution in [3.05, 3.63) is 30.7 Å². The number of nitrogens with zero attached hydrogens (tertiary/aromatic N) is 3. The minimum Gasteiger partial charge on any atom is -0.481 e. The fourth-order valence-corrected chi connectivity index (χ4v) is 5.25. The lowest BCUT2D eigenvalue weighted by atomic mass is 9.96. The van der Waals surface area contributed by atoms with Gasteiger partial charge in [0, 0.05) is 36.8 Å². The molecule has 2 aromatic rings. The number of sulfonamides is 1. The largest absolute Gasteiger partial charge is 0.481 e. The van der Waals surface area contributed by atoms with Crippen LogP contribution in [0.25, 0.3) is 0 Å². The van der Waals surface area contributed by atoms with E-state index in [0.29, 0.717) is 11.1 Å². The maximum atomic E-state index is 12.5. The number of ether oxygens (including phenoxy) is 1. The molecule has 1 N–H and O–H groups in total. The van der Waals surface area contributed by atoms with Crippen molar-refractivity contribution < 1.29 is 13.2 Å². The van der Waals surface area contributed by atoms with Crippen LogP contribution >= 0.6 is 11.8 Å². The van der Waals surface area contributed by atoms with E-state index in [4.69, 9.17) is 4.74 Å². The zero-order chi connectivity index (χ0) is 17.9. The summed E-state index contributed by atoms with van der Waals surface area (Å²) in [5, 5.41) is 1.48. The van der Waals surface area contributed by atoms with Crippen molar-refractivity contribution >= 4 is 21.8 Å². The zero-order valence-corrected chi connectivity index (χ0v) is 15.9. The Morgan fingerprint density at radius 2 is 2.00 bits per heavy atom. The summed E-state index contributed by atoms with van der Waals surface area (Å²) in [7, 11) is -0.0700. The molecule has 9 heteroatoms. The lowest BCUT2D eigenvalue weighted by Crippen LogP contribution is -2.38. The van der Waals surface area contributed by atoms with Gasteiger partial charge in [0.25, 0.3) is 0 Å². The van der Waals surface area contributed by atoms with E-state index >= 15 is 0 Å². The third kappa shape index (κ3) is 4.53. The van der Waals surface area contributed by atoms with Crippen LogP contribution in [0.3, 0.4) is 0 Å². The molecule has 1 fully saturated rings. The van der Waals surface area contributed by atoms with Crippen molar-refractivity contribution in [2.24, 2.45) is 7.05 Å². The molecule has 1 aliphatic carbocycles. The number of thioether (sulfide) groups is 1. The van der Waals surface area contributed by atoms with Gasteiger partial charge in [-0.3, -0.25) is 0 Å². The molecule has 1 saturated carbocycles. The van der Waals surface area contributed by atoms with Crippen molar-refractivity contribution in [2.45, 2.75) is 47.0 Å². The van der Waals surface area contributed by atoms with E-state index in [1.165, 1.54) is 19.4 Å². The number of methoxy groups -OCH3 is 1. The Bertz CT molecular complexity index is 797. The monoisotopic (exact) mass is 382 g/mol. The van der Waals surface area contributed by atoms with Gasteiger partial charge in [0.1, 0.15) is 4.90 Å². The highest BCUT2D eigenvalue weighted by atomic mass is 32.2. The van der Waals surface area contributed by atoms with Crippen LogP contribution < -0.4 is 9.46 Å². The van der Waals surface area contributed by atoms with E-state index in [1.807, 2.05) is 17.8 Å². The number of aromatic nitrogens is 3. The summed E-state index contributed by atoms with van der Waals surface area (Å²) in [6, 6.07) is 3.02. The second-order valence-electron chi connectivity index (χ2n) is 6.07. The van der Waals surface area contributed by atoms with E-state index in [2.05, 4.69) is 14.7 Å². The Kier molecular flexibility index (Phi) is 5.65. The highest BCUT2D eigenvalue weighted by Gasteiger charge is 2.27. The molecule has 2 heterocycles. The molecule has 136 valence electrons. The highest BCUT2D eigenvalue weighted by molar-refractivity contribution is 7.99. The van der Waals surface area contributed by atoms with Gasteiger partial charge in [-0.25, -0.2) is 23.1 Å². The van der Waals surface area contributed by atoms with Gasteiger partial charge in [0.2, 0.25) is 15.9 Å². The molecule has 1 aliphatic rings. The van der Waals surface area contributed by atoms with E-state index in [-0.39, 0.29) is 10.9 Å². The van der Waals surface area contributed by atoms with Crippen molar-refractivity contribution in [3.8, 4) is 5.88 Å². The first-order chi connectivity index (χ1) is 12.0. The van der Waals surface area contributed by atoms with E-state index in [9.17, 15) is 8.42 Å². The third-order valence-corrected chi connectivity index (χ3v) is 7.19. The summed E-state index contributed by atoms with van der Waals surface area (Å²) in [5.41, 5.74) is 0. The Hall–Kier alpha value is -1.58. The lowest BCUT2D eigenvalue weighted by molar-refractivity contribution is 0.397. The average molecular weight is 383 g/mol. The van der Waals surface area contributed by atoms with Crippen molar-refractivity contribution in [3.63, 3.8) is 0 Å². The summed E-state index contributed by atoms with van der Waals surface area (Å²) in [5.74, 6) is 0.394. The quantitative estimate of drug-likeness (QED) is 0.824. The first kappa shape index (κ1) is 18.2. The standard InChI is InChI=1S/C16H22N4O3S2/c1-20-10-9-17-16(20)24-13-5-3-12(4-6-13)19-25(21,22)14-7-8-15(23-2)18-11-14/h7-13,19H,3-6H2,1-2H3. The molecule has 0 amide bonds. The number of hydrogen-bond donors (Lipinski definition) is 1. The topological polar surface area (TPSA) is 86.1 Å². The molecule has 0 radical (unpaired) electrons. The fourth-order valence-electron chi connectivity index (χ4n) is 2.85. The average Bonchev–Trinajstić information content (AvgIpc) is 3.01. The number of nitrogens with one attached hydrogen (secondary N) is 1. The molecule has 0 unspecified atom stereocenters. The van der Waals surface area contributed by atoms with Gasteiger partial charge in [-0.2, -0.15) is 0 Å². The van der Waals surface area contributed by atoms with Gasteiger partial charge in [0.05, 0.1) is 13.3 Å². The number of rotatable bonds is 6. The van der Waals surface area contributed by atoms with Gasteiger partial charge in [0.15, 0.2) is 5.16 Å². The molecule has 0 saturated heterocycles. The molecule has 7 nitrogen and oxygen atoms in total. The Morgan fingerprint density at radius 3 is 2.56 bits per heavy atom. The summed E-state index contributed by atoms with van der Waals surface area (Å²) in [4.78, 5) is 8.47. The molecular weight excluding hydrogens is 360 g/mol. The third-order valence-electron chi connectivity index (χ3n) is 4.27. The second-order valence-corrected chi connectivity index (χ2v) is 9.05. The van der Waals surface area contributed by atoms with Gasteiger partial charge in [-0.05, 0) is 31.7 Å². The number of aryl methyl sites for hydroxylation is 1. The van der Waals surface area contributed by atoms with Crippen LogP contribution in [0, 0.1) is 0 Å². The minimum atomic E-state index is -3.55. The highest BCUT2D eigenvalue weighted by Crippen LogP contribution is 2.33. The molecule has 0 spiro atoms. The van der Waals surface area contributed by atoms with Crippen LogP contribution in [0.1, 0.15) is 25.7 Å². The first-order valence-corrected chi connectivity index (χ1v) is 10.5. The Balaban J connectivity index is 1.55. The van der Waals surface area contributed by atoms with Crippen LogP contribution in [-0.4, -0.2) is 41.4 Å². The van der Waals surface area contributed by atoms with E-state index in [0.717, 1.165) is 30.8 Å². The molecule has 2 aromatic heterocycles. The summed E-state index contributed by atoms with van der Waals surface area (Å²) >= 11 is 1.77. The molecule has 3 rings (SSSR count). The maximum Gasteiger partial charge on any atom is 0.242 e. The van der Waals surface area contributed by atoms with Gasteiger partial charge < -0.3 is 9.30 Å². The van der Waals surface area contributed by atoms with Crippen LogP contribution in [0.2, 0.25) is 0 Å². The molecular formula is C16H22N4O3S2. The van der Waals surface area contributed by atoms with Crippen molar-refractivity contribution in [1.82, 2.24) is 19.3 Å². The molecule has 0 bridgehead atoms.